The Morgan fingerprint density at radius 2 is 2.12 bits per heavy atom. The second-order valence-electron chi connectivity index (χ2n) is 7.17. The Morgan fingerprint density at radius 3 is 2.84 bits per heavy atom. The van der Waals surface area contributed by atoms with E-state index < -0.39 is 0 Å². The molecule has 1 heterocycles. The van der Waals surface area contributed by atoms with Crippen LogP contribution in [0.4, 0.5) is 4.79 Å². The number of aliphatic hydroxyl groups is 1. The van der Waals surface area contributed by atoms with Crippen LogP contribution in [0.25, 0.3) is 0 Å². The molecule has 1 aliphatic heterocycles. The molecular weight excluding hydrogens is 338 g/mol. The minimum absolute atomic E-state index is 0.00172. The first-order valence-electron chi connectivity index (χ1n) is 9.28. The van der Waals surface area contributed by atoms with E-state index in [2.05, 4.69) is 10.2 Å². The van der Waals surface area contributed by atoms with E-state index >= 15 is 0 Å². The third-order valence-electron chi connectivity index (χ3n) is 5.11. The maximum Gasteiger partial charge on any atom is 0.317 e. The van der Waals surface area contributed by atoms with E-state index in [1.165, 1.54) is 0 Å². The molecule has 1 saturated heterocycles. The van der Waals surface area contributed by atoms with Gasteiger partial charge in [-0.1, -0.05) is 29.8 Å². The van der Waals surface area contributed by atoms with Gasteiger partial charge in [-0.25, -0.2) is 4.79 Å². The molecule has 2 N–H and O–H groups in total. The molecule has 2 fully saturated rings. The number of benzene rings is 1. The number of piperidine rings is 1. The van der Waals surface area contributed by atoms with Gasteiger partial charge in [-0.3, -0.25) is 0 Å². The molecule has 1 aliphatic carbocycles. The molecule has 1 aromatic rings. The van der Waals surface area contributed by atoms with Crippen LogP contribution in [0.3, 0.4) is 0 Å². The lowest BCUT2D eigenvalue weighted by Gasteiger charge is -2.32. The molecule has 2 aliphatic rings. The van der Waals surface area contributed by atoms with Crippen LogP contribution in [-0.4, -0.2) is 59.8 Å². The first-order chi connectivity index (χ1) is 12.2. The molecule has 1 aromatic carbocycles. The number of nitrogens with one attached hydrogen (secondary N) is 1. The number of hydrogen-bond donors (Lipinski definition) is 2. The van der Waals surface area contributed by atoms with Gasteiger partial charge in [0.2, 0.25) is 0 Å². The van der Waals surface area contributed by atoms with Crippen molar-refractivity contribution >= 4 is 17.6 Å². The van der Waals surface area contributed by atoms with Crippen LogP contribution in [0.5, 0.6) is 0 Å². The Kier molecular flexibility index (Phi) is 6.57. The monoisotopic (exact) mass is 365 g/mol. The van der Waals surface area contributed by atoms with Crippen molar-refractivity contribution < 1.29 is 9.90 Å². The van der Waals surface area contributed by atoms with Crippen molar-refractivity contribution in [3.8, 4) is 0 Å². The molecule has 0 radical (unpaired) electrons. The molecule has 1 saturated carbocycles. The predicted octanol–water partition coefficient (Wildman–Crippen LogP) is 2.72. The molecule has 0 bridgehead atoms. The second-order valence-corrected chi connectivity index (χ2v) is 7.58. The Bertz CT molecular complexity index is 580. The van der Waals surface area contributed by atoms with E-state index in [0.717, 1.165) is 50.9 Å². The van der Waals surface area contributed by atoms with Crippen molar-refractivity contribution in [1.82, 2.24) is 15.1 Å². The van der Waals surface area contributed by atoms with Gasteiger partial charge < -0.3 is 20.2 Å². The van der Waals surface area contributed by atoms with E-state index in [1.54, 1.807) is 0 Å². The fraction of sp³-hybridized carbons (Fsp3) is 0.632. The number of rotatable bonds is 7. The van der Waals surface area contributed by atoms with Crippen molar-refractivity contribution in [2.24, 2.45) is 5.92 Å². The summed E-state index contributed by atoms with van der Waals surface area (Å²) >= 11 is 6.25. The van der Waals surface area contributed by atoms with E-state index in [9.17, 15) is 9.90 Å². The highest BCUT2D eigenvalue weighted by Gasteiger charge is 2.32. The molecule has 1 unspecified atom stereocenters. The first kappa shape index (κ1) is 18.5. The first-order valence-corrected chi connectivity index (χ1v) is 9.66. The number of aliphatic hydroxyl groups excluding tert-OH is 1. The summed E-state index contributed by atoms with van der Waals surface area (Å²) in [6, 6.07) is 8.05. The zero-order valence-corrected chi connectivity index (χ0v) is 15.4. The van der Waals surface area contributed by atoms with Gasteiger partial charge in [0.15, 0.2) is 0 Å². The van der Waals surface area contributed by atoms with Crippen LogP contribution in [0.2, 0.25) is 5.02 Å². The molecule has 1 atom stereocenters. The highest BCUT2D eigenvalue weighted by molar-refractivity contribution is 6.31. The largest absolute Gasteiger partial charge is 0.396 e. The average Bonchev–Trinajstić information content (AvgIpc) is 3.46. The highest BCUT2D eigenvalue weighted by atomic mass is 35.5. The minimum Gasteiger partial charge on any atom is -0.396 e. The number of carbonyl (C=O) groups is 1. The van der Waals surface area contributed by atoms with Crippen LogP contribution >= 0.6 is 11.6 Å². The number of likely N-dealkylation sites (tertiary alicyclic amines) is 1. The fourth-order valence-corrected chi connectivity index (χ4v) is 3.68. The SMILES string of the molecule is O=C(NCCN1CCCC(CO)C1)N(Cc1ccccc1Cl)C1CC1. The minimum atomic E-state index is -0.00172. The van der Waals surface area contributed by atoms with Crippen LogP contribution in [0, 0.1) is 5.92 Å². The van der Waals surface area contributed by atoms with E-state index in [-0.39, 0.29) is 12.6 Å². The van der Waals surface area contributed by atoms with Gasteiger partial charge in [0.1, 0.15) is 0 Å². The summed E-state index contributed by atoms with van der Waals surface area (Å²) in [5, 5.41) is 13.1. The molecule has 25 heavy (non-hydrogen) atoms. The van der Waals surface area contributed by atoms with Crippen molar-refractivity contribution in [1.29, 1.82) is 0 Å². The third kappa shape index (κ3) is 5.33. The second kappa shape index (κ2) is 8.88. The number of carbonyl (C=O) groups excluding carboxylic acids is 1. The van der Waals surface area contributed by atoms with E-state index in [4.69, 9.17) is 11.6 Å². The summed E-state index contributed by atoms with van der Waals surface area (Å²) in [5.41, 5.74) is 0.994. The molecule has 5 nitrogen and oxygen atoms in total. The lowest BCUT2D eigenvalue weighted by molar-refractivity contribution is 0.120. The van der Waals surface area contributed by atoms with Crippen molar-refractivity contribution in [2.45, 2.75) is 38.3 Å². The zero-order valence-electron chi connectivity index (χ0n) is 14.7. The third-order valence-corrected chi connectivity index (χ3v) is 5.48. The van der Waals surface area contributed by atoms with E-state index in [0.29, 0.717) is 30.1 Å². The highest BCUT2D eigenvalue weighted by Crippen LogP contribution is 2.29. The van der Waals surface area contributed by atoms with Crippen LogP contribution < -0.4 is 5.32 Å². The normalized spacial score (nSPS) is 21.1. The lowest BCUT2D eigenvalue weighted by Crippen LogP contribution is -2.45. The van der Waals surface area contributed by atoms with Gasteiger partial charge >= 0.3 is 6.03 Å². The van der Waals surface area contributed by atoms with Crippen LogP contribution in [0.1, 0.15) is 31.2 Å². The smallest absolute Gasteiger partial charge is 0.317 e. The van der Waals surface area contributed by atoms with Crippen molar-refractivity contribution in [2.75, 3.05) is 32.8 Å². The summed E-state index contributed by atoms with van der Waals surface area (Å²) in [6.07, 6.45) is 4.37. The molecule has 0 spiro atoms. The molecule has 6 heteroatoms. The Balaban J connectivity index is 1.47. The average molecular weight is 366 g/mol. The number of halogens is 1. The summed E-state index contributed by atoms with van der Waals surface area (Å²) in [6.45, 7) is 4.29. The number of urea groups is 1. The summed E-state index contributed by atoms with van der Waals surface area (Å²) in [5.74, 6) is 0.382. The topological polar surface area (TPSA) is 55.8 Å². The van der Waals surface area contributed by atoms with Gasteiger partial charge in [0.05, 0.1) is 0 Å². The Morgan fingerprint density at radius 1 is 1.32 bits per heavy atom. The van der Waals surface area contributed by atoms with Gasteiger partial charge in [-0.15, -0.1) is 0 Å². The van der Waals surface area contributed by atoms with Crippen LogP contribution in [0.15, 0.2) is 24.3 Å². The summed E-state index contributed by atoms with van der Waals surface area (Å²) in [4.78, 5) is 16.9. The van der Waals surface area contributed by atoms with Crippen LogP contribution in [-0.2, 0) is 6.54 Å². The molecule has 2 amide bonds. The standard InChI is InChI=1S/C19H28ClN3O2/c20-18-6-2-1-5-16(18)13-23(17-7-8-17)19(25)21-9-11-22-10-3-4-15(12-22)14-24/h1-2,5-6,15,17,24H,3-4,7-14H2,(H,21,25). The fourth-order valence-electron chi connectivity index (χ4n) is 3.49. The maximum absolute atomic E-state index is 12.6. The number of hydrogen-bond acceptors (Lipinski definition) is 3. The lowest BCUT2D eigenvalue weighted by atomic mass is 9.99. The summed E-state index contributed by atoms with van der Waals surface area (Å²) < 4.78 is 0. The van der Waals surface area contributed by atoms with Gasteiger partial charge in [0, 0.05) is 43.9 Å². The van der Waals surface area contributed by atoms with Gasteiger partial charge in [0.25, 0.3) is 0 Å². The van der Waals surface area contributed by atoms with Gasteiger partial charge in [-0.05, 0) is 49.8 Å². The zero-order chi connectivity index (χ0) is 17.6. The molecular formula is C19H28ClN3O2. The maximum atomic E-state index is 12.6. The quantitative estimate of drug-likeness (QED) is 0.781. The van der Waals surface area contributed by atoms with Crippen molar-refractivity contribution in [3.05, 3.63) is 34.9 Å². The Hall–Kier alpha value is -1.30. The number of nitrogens with zero attached hydrogens (tertiary/aromatic N) is 2. The predicted molar refractivity (Wildman–Crippen MR) is 99.7 cm³/mol. The molecule has 138 valence electrons. The molecule has 3 rings (SSSR count). The summed E-state index contributed by atoms with van der Waals surface area (Å²) in [7, 11) is 0. The van der Waals surface area contributed by atoms with Gasteiger partial charge in [-0.2, -0.15) is 0 Å². The number of amides is 2. The van der Waals surface area contributed by atoms with E-state index in [1.807, 2.05) is 29.2 Å². The Labute approximate surface area is 154 Å². The molecule has 0 aromatic heterocycles. The van der Waals surface area contributed by atoms with Crippen molar-refractivity contribution in [3.63, 3.8) is 0 Å².